The molecule has 0 saturated heterocycles. The first-order valence-electron chi connectivity index (χ1n) is 6.03. The van der Waals surface area contributed by atoms with Crippen LogP contribution in [-0.4, -0.2) is 10.8 Å². The van der Waals surface area contributed by atoms with Crippen molar-refractivity contribution < 1.29 is 9.18 Å². The summed E-state index contributed by atoms with van der Waals surface area (Å²) in [5.41, 5.74) is 2.90. The van der Waals surface area contributed by atoms with E-state index in [1.165, 1.54) is 12.1 Å². The van der Waals surface area contributed by atoms with Crippen molar-refractivity contribution in [2.45, 2.75) is 6.92 Å². The smallest absolute Gasteiger partial charge is 0.195 e. The van der Waals surface area contributed by atoms with Crippen LogP contribution in [0.15, 0.2) is 48.7 Å². The molecule has 0 saturated carbocycles. The molecule has 0 aliphatic carbocycles. The van der Waals surface area contributed by atoms with Crippen molar-refractivity contribution >= 4 is 16.7 Å². The quantitative estimate of drug-likeness (QED) is 0.691. The Kier molecular flexibility index (Phi) is 2.67. The maximum absolute atomic E-state index is 13.3. The fourth-order valence-electron chi connectivity index (χ4n) is 2.22. The summed E-state index contributed by atoms with van der Waals surface area (Å²) in [6.45, 7) is 1.94. The molecule has 94 valence electrons. The van der Waals surface area contributed by atoms with Crippen LogP contribution in [0, 0.1) is 12.7 Å². The van der Waals surface area contributed by atoms with Gasteiger partial charge in [0.25, 0.3) is 0 Å². The van der Waals surface area contributed by atoms with Gasteiger partial charge >= 0.3 is 0 Å². The summed E-state index contributed by atoms with van der Waals surface area (Å²) in [5.74, 6) is -0.439. The molecule has 1 heterocycles. The second-order valence-corrected chi connectivity index (χ2v) is 4.59. The lowest BCUT2D eigenvalue weighted by Crippen LogP contribution is -2.00. The van der Waals surface area contributed by atoms with E-state index in [9.17, 15) is 9.18 Å². The molecule has 2 nitrogen and oxygen atoms in total. The molecule has 19 heavy (non-hydrogen) atoms. The average Bonchev–Trinajstić information content (AvgIpc) is 2.80. The summed E-state index contributed by atoms with van der Waals surface area (Å²) < 4.78 is 13.3. The zero-order valence-electron chi connectivity index (χ0n) is 10.4. The number of benzene rings is 2. The summed E-state index contributed by atoms with van der Waals surface area (Å²) in [4.78, 5) is 15.4. The minimum atomic E-state index is -0.342. The van der Waals surface area contributed by atoms with Gasteiger partial charge in [-0.05, 0) is 31.2 Å². The van der Waals surface area contributed by atoms with Gasteiger partial charge in [-0.25, -0.2) is 4.39 Å². The van der Waals surface area contributed by atoms with E-state index in [-0.39, 0.29) is 11.6 Å². The van der Waals surface area contributed by atoms with Crippen molar-refractivity contribution in [3.8, 4) is 0 Å². The number of nitrogens with one attached hydrogen (secondary N) is 1. The topological polar surface area (TPSA) is 32.9 Å². The molecule has 0 amide bonds. The Labute approximate surface area is 109 Å². The van der Waals surface area contributed by atoms with Gasteiger partial charge in [0.1, 0.15) is 5.82 Å². The van der Waals surface area contributed by atoms with E-state index < -0.39 is 0 Å². The molecule has 1 aromatic heterocycles. The van der Waals surface area contributed by atoms with Gasteiger partial charge in [-0.2, -0.15) is 0 Å². The third-order valence-corrected chi connectivity index (χ3v) is 3.17. The molecule has 0 fully saturated rings. The standard InChI is InChI=1S/C16H12FNO/c1-10-3-2-4-11(7-10)16(19)14-9-18-15-6-5-12(17)8-13(14)15/h2-9,18H,1H3. The predicted molar refractivity (Wildman–Crippen MR) is 72.9 cm³/mol. The van der Waals surface area contributed by atoms with Crippen LogP contribution in [0.4, 0.5) is 4.39 Å². The van der Waals surface area contributed by atoms with E-state index in [1.807, 2.05) is 25.1 Å². The zero-order chi connectivity index (χ0) is 13.4. The van der Waals surface area contributed by atoms with E-state index >= 15 is 0 Å². The lowest BCUT2D eigenvalue weighted by molar-refractivity contribution is 0.104. The minimum absolute atomic E-state index is 0.0967. The molecule has 0 bridgehead atoms. The highest BCUT2D eigenvalue weighted by Crippen LogP contribution is 2.22. The molecule has 1 N–H and O–H groups in total. The number of hydrogen-bond acceptors (Lipinski definition) is 1. The van der Waals surface area contributed by atoms with E-state index in [2.05, 4.69) is 4.98 Å². The number of ketones is 1. The van der Waals surface area contributed by atoms with Crippen molar-refractivity contribution in [3.05, 3.63) is 71.2 Å². The number of aromatic amines is 1. The number of aryl methyl sites for hydroxylation is 1. The number of halogens is 1. The van der Waals surface area contributed by atoms with Crippen molar-refractivity contribution in [1.82, 2.24) is 4.98 Å². The molecule has 0 spiro atoms. The average molecular weight is 253 g/mol. The maximum atomic E-state index is 13.3. The van der Waals surface area contributed by atoms with Gasteiger partial charge in [-0.15, -0.1) is 0 Å². The number of hydrogen-bond donors (Lipinski definition) is 1. The van der Waals surface area contributed by atoms with Crippen LogP contribution < -0.4 is 0 Å². The lowest BCUT2D eigenvalue weighted by Gasteiger charge is -2.01. The summed E-state index contributed by atoms with van der Waals surface area (Å²) in [7, 11) is 0. The molecule has 0 unspecified atom stereocenters. The number of rotatable bonds is 2. The summed E-state index contributed by atoms with van der Waals surface area (Å²) in [5, 5.41) is 0.617. The van der Waals surface area contributed by atoms with Gasteiger partial charge < -0.3 is 4.98 Å². The van der Waals surface area contributed by atoms with Crippen molar-refractivity contribution in [1.29, 1.82) is 0 Å². The molecule has 0 atom stereocenters. The Balaban J connectivity index is 2.14. The van der Waals surface area contributed by atoms with E-state index in [4.69, 9.17) is 0 Å². The fourth-order valence-corrected chi connectivity index (χ4v) is 2.22. The van der Waals surface area contributed by atoms with Crippen LogP contribution in [0.1, 0.15) is 21.5 Å². The fraction of sp³-hybridized carbons (Fsp3) is 0.0625. The van der Waals surface area contributed by atoms with Crippen LogP contribution in [0.2, 0.25) is 0 Å². The summed E-state index contributed by atoms with van der Waals surface area (Å²) in [6, 6.07) is 11.8. The normalized spacial score (nSPS) is 10.8. The maximum Gasteiger partial charge on any atom is 0.195 e. The highest BCUT2D eigenvalue weighted by Gasteiger charge is 2.14. The number of aromatic nitrogens is 1. The molecule has 3 heteroatoms. The second-order valence-electron chi connectivity index (χ2n) is 4.59. The van der Waals surface area contributed by atoms with Crippen LogP contribution in [0.25, 0.3) is 10.9 Å². The highest BCUT2D eigenvalue weighted by molar-refractivity contribution is 6.16. The Hall–Kier alpha value is -2.42. The summed E-state index contributed by atoms with van der Waals surface area (Å²) in [6.07, 6.45) is 1.63. The van der Waals surface area contributed by atoms with Crippen LogP contribution in [-0.2, 0) is 0 Å². The van der Waals surface area contributed by atoms with Gasteiger partial charge in [0.2, 0.25) is 0 Å². The zero-order valence-corrected chi connectivity index (χ0v) is 10.4. The highest BCUT2D eigenvalue weighted by atomic mass is 19.1. The Morgan fingerprint density at radius 1 is 1.16 bits per heavy atom. The van der Waals surface area contributed by atoms with Crippen LogP contribution >= 0.6 is 0 Å². The Bertz CT molecular complexity index is 773. The van der Waals surface area contributed by atoms with E-state index in [0.717, 1.165) is 11.1 Å². The first kappa shape index (κ1) is 11.7. The molecule has 2 aromatic carbocycles. The minimum Gasteiger partial charge on any atom is -0.360 e. The third kappa shape index (κ3) is 2.03. The van der Waals surface area contributed by atoms with E-state index in [1.54, 1.807) is 18.3 Å². The Morgan fingerprint density at radius 2 is 2.00 bits per heavy atom. The second kappa shape index (κ2) is 4.35. The molecule has 0 radical (unpaired) electrons. The lowest BCUT2D eigenvalue weighted by atomic mass is 10.0. The predicted octanol–water partition coefficient (Wildman–Crippen LogP) is 3.85. The van der Waals surface area contributed by atoms with Crippen molar-refractivity contribution in [3.63, 3.8) is 0 Å². The van der Waals surface area contributed by atoms with Gasteiger partial charge in [-0.1, -0.05) is 23.8 Å². The number of carbonyl (C=O) groups is 1. The molecule has 0 aliphatic heterocycles. The number of carbonyl (C=O) groups excluding carboxylic acids is 1. The molecular weight excluding hydrogens is 241 g/mol. The summed E-state index contributed by atoms with van der Waals surface area (Å²) >= 11 is 0. The SMILES string of the molecule is Cc1cccc(C(=O)c2c[nH]c3ccc(F)cc23)c1. The van der Waals surface area contributed by atoms with Gasteiger partial charge in [-0.3, -0.25) is 4.79 Å². The third-order valence-electron chi connectivity index (χ3n) is 3.17. The Morgan fingerprint density at radius 3 is 2.79 bits per heavy atom. The van der Waals surface area contributed by atoms with Crippen molar-refractivity contribution in [2.24, 2.45) is 0 Å². The van der Waals surface area contributed by atoms with Gasteiger partial charge in [0.05, 0.1) is 0 Å². The molecule has 3 rings (SSSR count). The first-order chi connectivity index (χ1) is 9.15. The van der Waals surface area contributed by atoms with Crippen molar-refractivity contribution in [2.75, 3.05) is 0 Å². The monoisotopic (exact) mass is 253 g/mol. The number of fused-ring (bicyclic) bond motifs is 1. The first-order valence-corrected chi connectivity index (χ1v) is 6.03. The molecule has 3 aromatic rings. The van der Waals surface area contributed by atoms with Crippen LogP contribution in [0.3, 0.4) is 0 Å². The van der Waals surface area contributed by atoms with E-state index in [0.29, 0.717) is 16.5 Å². The molecular formula is C16H12FNO. The van der Waals surface area contributed by atoms with Crippen LogP contribution in [0.5, 0.6) is 0 Å². The molecule has 0 aliphatic rings. The number of H-pyrrole nitrogens is 1. The van der Waals surface area contributed by atoms with Gasteiger partial charge in [0, 0.05) is 28.2 Å². The largest absolute Gasteiger partial charge is 0.360 e. The van der Waals surface area contributed by atoms with Gasteiger partial charge in [0.15, 0.2) is 5.78 Å².